The van der Waals surface area contributed by atoms with Crippen LogP contribution in [0.4, 0.5) is 0 Å². The fourth-order valence-corrected chi connectivity index (χ4v) is 3.17. The molecular weight excluding hydrogens is 352 g/mol. The molecule has 1 rings (SSSR count). The average Bonchev–Trinajstić information content (AvgIpc) is 2.44. The van der Waals surface area contributed by atoms with Crippen molar-refractivity contribution in [3.8, 4) is 0 Å². The average molecular weight is 375 g/mol. The maximum absolute atomic E-state index is 12.0. The molecule has 0 fully saturated rings. The third-order valence-electron chi connectivity index (χ3n) is 3.01. The van der Waals surface area contributed by atoms with Crippen LogP contribution in [-0.2, 0) is 9.53 Å². The first-order valence-electron chi connectivity index (χ1n) is 6.98. The van der Waals surface area contributed by atoms with Gasteiger partial charge in [-0.3, -0.25) is 10.1 Å². The van der Waals surface area contributed by atoms with Crippen LogP contribution in [0.5, 0.6) is 0 Å². The molecule has 0 bridgehead atoms. The second kappa shape index (κ2) is 8.76. The van der Waals surface area contributed by atoms with Gasteiger partial charge in [-0.2, -0.15) is 0 Å². The van der Waals surface area contributed by atoms with E-state index in [0.29, 0.717) is 0 Å². The molecule has 21 heavy (non-hydrogen) atoms. The number of hydrogen-bond donors (Lipinski definition) is 1. The Labute approximate surface area is 139 Å². The summed E-state index contributed by atoms with van der Waals surface area (Å²) in [6, 6.07) is 4.20. The van der Waals surface area contributed by atoms with Crippen molar-refractivity contribution < 1.29 is 9.53 Å². The number of methoxy groups -OCH3 is 1. The van der Waals surface area contributed by atoms with Crippen molar-refractivity contribution in [1.82, 2.24) is 10.3 Å². The van der Waals surface area contributed by atoms with Crippen LogP contribution in [0.3, 0.4) is 0 Å². The maximum atomic E-state index is 12.0. The molecule has 6 heteroatoms. The van der Waals surface area contributed by atoms with Crippen molar-refractivity contribution in [2.45, 2.75) is 50.2 Å². The number of halogens is 1. The van der Waals surface area contributed by atoms with E-state index in [1.165, 1.54) is 7.11 Å². The summed E-state index contributed by atoms with van der Waals surface area (Å²) in [6.07, 6.45) is 3.44. The number of carbonyl (C=O) groups excluding carboxylic acids is 1. The molecule has 1 atom stereocenters. The highest BCUT2D eigenvalue weighted by atomic mass is 79.9. The number of carbonyl (C=O) groups is 1. The predicted octanol–water partition coefficient (Wildman–Crippen LogP) is 3.65. The molecule has 118 valence electrons. The zero-order chi connectivity index (χ0) is 15.9. The molecular formula is C15H23BrN2O2S. The second-order valence-electron chi connectivity index (χ2n) is 5.39. The van der Waals surface area contributed by atoms with Crippen LogP contribution in [0.2, 0.25) is 0 Å². The van der Waals surface area contributed by atoms with E-state index in [1.807, 2.05) is 32.9 Å². The number of nitrogens with zero attached hydrogens (tertiary/aromatic N) is 1. The van der Waals surface area contributed by atoms with Gasteiger partial charge < -0.3 is 4.74 Å². The predicted molar refractivity (Wildman–Crippen MR) is 90.6 cm³/mol. The lowest BCUT2D eigenvalue weighted by Gasteiger charge is -2.30. The van der Waals surface area contributed by atoms with E-state index in [0.717, 1.165) is 28.1 Å². The minimum Gasteiger partial charge on any atom is -0.468 e. The number of hydrogen-bond acceptors (Lipinski definition) is 5. The Balaban J connectivity index is 2.46. The molecule has 0 aromatic carbocycles. The minimum atomic E-state index is -0.628. The summed E-state index contributed by atoms with van der Waals surface area (Å²) in [4.78, 5) is 16.3. The van der Waals surface area contributed by atoms with Gasteiger partial charge in [-0.25, -0.2) is 4.98 Å². The first kappa shape index (κ1) is 18.5. The topological polar surface area (TPSA) is 51.2 Å². The van der Waals surface area contributed by atoms with Crippen LogP contribution in [0.1, 0.15) is 33.6 Å². The lowest BCUT2D eigenvalue weighted by molar-refractivity contribution is -0.148. The van der Waals surface area contributed by atoms with Crippen LogP contribution in [0, 0.1) is 0 Å². The molecule has 0 amide bonds. The van der Waals surface area contributed by atoms with Crippen molar-refractivity contribution in [2.75, 3.05) is 12.9 Å². The van der Waals surface area contributed by atoms with E-state index < -0.39 is 5.54 Å². The third kappa shape index (κ3) is 6.36. The van der Waals surface area contributed by atoms with Crippen molar-refractivity contribution in [2.24, 2.45) is 0 Å². The third-order valence-corrected chi connectivity index (χ3v) is 4.51. The Morgan fingerprint density at radius 3 is 2.76 bits per heavy atom. The molecule has 0 saturated heterocycles. The lowest BCUT2D eigenvalue weighted by atomic mass is 9.95. The van der Waals surface area contributed by atoms with Crippen LogP contribution >= 0.6 is 27.7 Å². The second-order valence-corrected chi connectivity index (χ2v) is 7.42. The molecule has 1 aromatic rings. The van der Waals surface area contributed by atoms with Gasteiger partial charge in [0.15, 0.2) is 0 Å². The van der Waals surface area contributed by atoms with Gasteiger partial charge in [0.05, 0.1) is 12.1 Å². The molecule has 1 N–H and O–H groups in total. The van der Waals surface area contributed by atoms with E-state index >= 15 is 0 Å². The summed E-state index contributed by atoms with van der Waals surface area (Å²) in [7, 11) is 1.43. The van der Waals surface area contributed by atoms with Gasteiger partial charge in [0.1, 0.15) is 5.54 Å². The zero-order valence-electron chi connectivity index (χ0n) is 13.0. The molecule has 1 aromatic heterocycles. The van der Waals surface area contributed by atoms with E-state index in [9.17, 15) is 4.79 Å². The number of nitrogens with one attached hydrogen (secondary N) is 1. The molecule has 0 radical (unpaired) electrons. The molecule has 0 spiro atoms. The first-order valence-corrected chi connectivity index (χ1v) is 8.75. The molecule has 1 unspecified atom stereocenters. The Hall–Kier alpha value is -0.590. The van der Waals surface area contributed by atoms with Crippen molar-refractivity contribution >= 4 is 33.7 Å². The summed E-state index contributed by atoms with van der Waals surface area (Å²) >= 11 is 5.06. The summed E-state index contributed by atoms with van der Waals surface area (Å²) in [5.41, 5.74) is -0.628. The van der Waals surface area contributed by atoms with Crippen molar-refractivity contribution in [1.29, 1.82) is 0 Å². The molecule has 0 aliphatic rings. The lowest BCUT2D eigenvalue weighted by Crippen LogP contribution is -2.53. The number of thioether (sulfide) groups is 1. The summed E-state index contributed by atoms with van der Waals surface area (Å²) in [6.45, 7) is 5.96. The Morgan fingerprint density at radius 1 is 1.52 bits per heavy atom. The standard InChI is InChI=1S/C15H23BrN2O2S/c1-11(2)18-15(3,14(19)20-4)8-5-9-21-13-7-6-12(16)10-17-13/h6-7,10-11,18H,5,8-9H2,1-4H3. The van der Waals surface area contributed by atoms with Gasteiger partial charge in [0.2, 0.25) is 0 Å². The number of aromatic nitrogens is 1. The molecule has 4 nitrogen and oxygen atoms in total. The number of esters is 1. The van der Waals surface area contributed by atoms with E-state index in [1.54, 1.807) is 18.0 Å². The number of rotatable bonds is 8. The summed E-state index contributed by atoms with van der Waals surface area (Å²) < 4.78 is 5.90. The highest BCUT2D eigenvalue weighted by Gasteiger charge is 2.33. The SMILES string of the molecule is COC(=O)C(C)(CCCSc1ccc(Br)cn1)NC(C)C. The number of ether oxygens (including phenoxy) is 1. The highest BCUT2D eigenvalue weighted by molar-refractivity contribution is 9.10. The summed E-state index contributed by atoms with van der Waals surface area (Å²) in [5.74, 6) is 0.712. The zero-order valence-corrected chi connectivity index (χ0v) is 15.4. The molecule has 1 heterocycles. The van der Waals surface area contributed by atoms with Gasteiger partial charge in [0.25, 0.3) is 0 Å². The smallest absolute Gasteiger partial charge is 0.325 e. The first-order chi connectivity index (χ1) is 9.87. The van der Waals surface area contributed by atoms with Gasteiger partial charge >= 0.3 is 5.97 Å². The fraction of sp³-hybridized carbons (Fsp3) is 0.600. The molecule has 0 aliphatic carbocycles. The van der Waals surface area contributed by atoms with E-state index in [2.05, 4.69) is 26.2 Å². The molecule has 0 saturated carbocycles. The minimum absolute atomic E-state index is 0.206. The van der Waals surface area contributed by atoms with Crippen LogP contribution in [0.25, 0.3) is 0 Å². The van der Waals surface area contributed by atoms with Crippen molar-refractivity contribution in [3.05, 3.63) is 22.8 Å². The van der Waals surface area contributed by atoms with Gasteiger partial charge in [-0.15, -0.1) is 11.8 Å². The summed E-state index contributed by atoms with van der Waals surface area (Å²) in [5, 5.41) is 4.30. The van der Waals surface area contributed by atoms with E-state index in [-0.39, 0.29) is 12.0 Å². The van der Waals surface area contributed by atoms with Gasteiger partial charge in [-0.05, 0) is 67.4 Å². The fourth-order valence-electron chi connectivity index (χ4n) is 2.15. The Kier molecular flexibility index (Phi) is 7.70. The quantitative estimate of drug-likeness (QED) is 0.427. The Bertz CT molecular complexity index is 453. The normalized spacial score (nSPS) is 14.0. The van der Waals surface area contributed by atoms with E-state index in [4.69, 9.17) is 4.74 Å². The van der Waals surface area contributed by atoms with Crippen LogP contribution in [-0.4, -0.2) is 35.4 Å². The number of pyridine rings is 1. The largest absolute Gasteiger partial charge is 0.468 e. The highest BCUT2D eigenvalue weighted by Crippen LogP contribution is 2.22. The van der Waals surface area contributed by atoms with Crippen LogP contribution < -0.4 is 5.32 Å². The van der Waals surface area contributed by atoms with Crippen LogP contribution in [0.15, 0.2) is 27.8 Å². The van der Waals surface area contributed by atoms with Gasteiger partial charge in [0, 0.05) is 16.7 Å². The molecule has 0 aliphatic heterocycles. The Morgan fingerprint density at radius 2 is 2.24 bits per heavy atom. The van der Waals surface area contributed by atoms with Crippen molar-refractivity contribution in [3.63, 3.8) is 0 Å². The monoisotopic (exact) mass is 374 g/mol. The maximum Gasteiger partial charge on any atom is 0.325 e. The van der Waals surface area contributed by atoms with Gasteiger partial charge in [-0.1, -0.05) is 0 Å².